The van der Waals surface area contributed by atoms with Crippen LogP contribution in [0.2, 0.25) is 0 Å². The Labute approximate surface area is 101 Å². The molecule has 1 aliphatic rings. The Bertz CT molecular complexity index is 381. The fraction of sp³-hybridized carbons (Fsp3) is 0.636. The third-order valence-electron chi connectivity index (χ3n) is 3.16. The lowest BCUT2D eigenvalue weighted by atomic mass is 10.3. The maximum atomic E-state index is 12.0. The first-order valence-corrected chi connectivity index (χ1v) is 5.97. The van der Waals surface area contributed by atoms with Gasteiger partial charge in [0.2, 0.25) is 0 Å². The van der Waals surface area contributed by atoms with Crippen LogP contribution in [0.15, 0.2) is 12.3 Å². The maximum Gasteiger partial charge on any atom is 0.323 e. The molecule has 1 aromatic rings. The van der Waals surface area contributed by atoms with Crippen molar-refractivity contribution in [3.63, 3.8) is 0 Å². The molecule has 17 heavy (non-hydrogen) atoms. The highest BCUT2D eigenvalue weighted by molar-refractivity contribution is 5.88. The molecule has 2 rings (SSSR count). The van der Waals surface area contributed by atoms with Gasteiger partial charge in [0.25, 0.3) is 0 Å². The van der Waals surface area contributed by atoms with Crippen LogP contribution in [0.3, 0.4) is 0 Å². The number of rotatable bonds is 2. The van der Waals surface area contributed by atoms with Gasteiger partial charge in [-0.05, 0) is 6.54 Å². The standard InChI is InChI=1S/C11H19N5O/c1-3-15-6-8-16(9-7-15)11(17)13-10-4-5-12-14(10)2/h4-5H,3,6-9H2,1-2H3,(H,13,17). The molecule has 6 heteroatoms. The number of urea groups is 1. The molecule has 6 nitrogen and oxygen atoms in total. The van der Waals surface area contributed by atoms with Gasteiger partial charge in [-0.25, -0.2) is 4.79 Å². The molecule has 1 aliphatic heterocycles. The average Bonchev–Trinajstić information content (AvgIpc) is 2.75. The van der Waals surface area contributed by atoms with E-state index in [0.29, 0.717) is 0 Å². The molecule has 2 amide bonds. The predicted molar refractivity (Wildman–Crippen MR) is 65.9 cm³/mol. The molecule has 1 fully saturated rings. The first-order chi connectivity index (χ1) is 8.20. The normalized spacial score (nSPS) is 17.2. The Hall–Kier alpha value is -1.56. The Balaban J connectivity index is 1.87. The minimum atomic E-state index is -0.0376. The van der Waals surface area contributed by atoms with Crippen molar-refractivity contribution in [1.82, 2.24) is 19.6 Å². The first-order valence-electron chi connectivity index (χ1n) is 5.97. The largest absolute Gasteiger partial charge is 0.323 e. The van der Waals surface area contributed by atoms with Crippen LogP contribution in [0, 0.1) is 0 Å². The van der Waals surface area contributed by atoms with E-state index in [4.69, 9.17) is 0 Å². The SMILES string of the molecule is CCN1CCN(C(=O)Nc2ccnn2C)CC1. The van der Waals surface area contributed by atoms with Crippen molar-refractivity contribution >= 4 is 11.8 Å². The molecule has 0 spiro atoms. The van der Waals surface area contributed by atoms with Gasteiger partial charge in [-0.1, -0.05) is 6.92 Å². The van der Waals surface area contributed by atoms with E-state index in [-0.39, 0.29) is 6.03 Å². The number of carbonyl (C=O) groups is 1. The van der Waals surface area contributed by atoms with Crippen molar-refractivity contribution in [3.05, 3.63) is 12.3 Å². The van der Waals surface area contributed by atoms with E-state index in [9.17, 15) is 4.79 Å². The Morgan fingerprint density at radius 2 is 2.12 bits per heavy atom. The zero-order chi connectivity index (χ0) is 12.3. The summed E-state index contributed by atoms with van der Waals surface area (Å²) in [5, 5.41) is 6.88. The highest BCUT2D eigenvalue weighted by Crippen LogP contribution is 2.07. The molecule has 1 aromatic heterocycles. The molecule has 0 saturated carbocycles. The molecule has 0 unspecified atom stereocenters. The monoisotopic (exact) mass is 237 g/mol. The topological polar surface area (TPSA) is 53.4 Å². The molecule has 0 aromatic carbocycles. The Morgan fingerprint density at radius 1 is 1.41 bits per heavy atom. The number of hydrogen-bond acceptors (Lipinski definition) is 3. The molecule has 2 heterocycles. The summed E-state index contributed by atoms with van der Waals surface area (Å²) >= 11 is 0. The molecule has 0 bridgehead atoms. The third-order valence-corrected chi connectivity index (χ3v) is 3.16. The quantitative estimate of drug-likeness (QED) is 0.819. The molecule has 0 atom stereocenters. The number of piperazine rings is 1. The van der Waals surface area contributed by atoms with E-state index in [1.54, 1.807) is 16.9 Å². The van der Waals surface area contributed by atoms with Gasteiger partial charge < -0.3 is 9.80 Å². The number of hydrogen-bond donors (Lipinski definition) is 1. The van der Waals surface area contributed by atoms with Crippen LogP contribution in [0.4, 0.5) is 10.6 Å². The number of nitrogens with zero attached hydrogens (tertiary/aromatic N) is 4. The van der Waals surface area contributed by atoms with Crippen LogP contribution in [0.25, 0.3) is 0 Å². The highest BCUT2D eigenvalue weighted by Gasteiger charge is 2.20. The van der Waals surface area contributed by atoms with Gasteiger partial charge in [0.15, 0.2) is 0 Å². The lowest BCUT2D eigenvalue weighted by molar-refractivity contribution is 0.151. The molecule has 1 N–H and O–H groups in total. The van der Waals surface area contributed by atoms with Crippen LogP contribution in [0.1, 0.15) is 6.92 Å². The molecule has 1 saturated heterocycles. The highest BCUT2D eigenvalue weighted by atomic mass is 16.2. The van der Waals surface area contributed by atoms with E-state index >= 15 is 0 Å². The van der Waals surface area contributed by atoms with Crippen LogP contribution >= 0.6 is 0 Å². The zero-order valence-corrected chi connectivity index (χ0v) is 10.4. The molecular formula is C11H19N5O. The van der Waals surface area contributed by atoms with Crippen molar-refractivity contribution in [2.75, 3.05) is 38.0 Å². The van der Waals surface area contributed by atoms with Gasteiger partial charge in [0.05, 0.1) is 6.20 Å². The Morgan fingerprint density at radius 3 is 2.65 bits per heavy atom. The lowest BCUT2D eigenvalue weighted by Crippen LogP contribution is -2.49. The second-order valence-electron chi connectivity index (χ2n) is 4.19. The van der Waals surface area contributed by atoms with Crippen molar-refractivity contribution in [2.24, 2.45) is 7.05 Å². The number of anilines is 1. The summed E-state index contributed by atoms with van der Waals surface area (Å²) in [6.45, 7) is 6.68. The number of carbonyl (C=O) groups excluding carboxylic acids is 1. The number of aromatic nitrogens is 2. The van der Waals surface area contributed by atoms with Gasteiger partial charge in [0, 0.05) is 39.3 Å². The molecule has 0 aliphatic carbocycles. The van der Waals surface area contributed by atoms with E-state index in [1.165, 1.54) is 0 Å². The van der Waals surface area contributed by atoms with Gasteiger partial charge >= 0.3 is 6.03 Å². The van der Waals surface area contributed by atoms with E-state index in [2.05, 4.69) is 22.2 Å². The van der Waals surface area contributed by atoms with Crippen LogP contribution < -0.4 is 5.32 Å². The van der Waals surface area contributed by atoms with Crippen molar-refractivity contribution in [2.45, 2.75) is 6.92 Å². The minimum Gasteiger partial charge on any atom is -0.322 e. The first kappa shape index (κ1) is 11.9. The molecular weight excluding hydrogens is 218 g/mol. The van der Waals surface area contributed by atoms with Crippen molar-refractivity contribution < 1.29 is 4.79 Å². The number of nitrogens with one attached hydrogen (secondary N) is 1. The summed E-state index contributed by atoms with van der Waals surface area (Å²) < 4.78 is 1.65. The maximum absolute atomic E-state index is 12.0. The van der Waals surface area contributed by atoms with Gasteiger partial charge in [0.1, 0.15) is 5.82 Å². The van der Waals surface area contributed by atoms with E-state index in [1.807, 2.05) is 11.9 Å². The second kappa shape index (κ2) is 5.18. The summed E-state index contributed by atoms with van der Waals surface area (Å²) in [6.07, 6.45) is 1.67. The Kier molecular flexibility index (Phi) is 3.63. The zero-order valence-electron chi connectivity index (χ0n) is 10.4. The number of likely N-dealkylation sites (N-methyl/N-ethyl adjacent to an activating group) is 1. The summed E-state index contributed by atoms with van der Waals surface area (Å²) in [5.74, 6) is 0.730. The van der Waals surface area contributed by atoms with Gasteiger partial charge in [-0.3, -0.25) is 10.00 Å². The van der Waals surface area contributed by atoms with Crippen LogP contribution in [-0.2, 0) is 7.05 Å². The number of amides is 2. The van der Waals surface area contributed by atoms with E-state index in [0.717, 1.165) is 38.5 Å². The van der Waals surface area contributed by atoms with Gasteiger partial charge in [-0.15, -0.1) is 0 Å². The van der Waals surface area contributed by atoms with Crippen molar-refractivity contribution in [3.8, 4) is 0 Å². The molecule has 94 valence electrons. The average molecular weight is 237 g/mol. The third kappa shape index (κ3) is 2.76. The fourth-order valence-corrected chi connectivity index (χ4v) is 1.95. The smallest absolute Gasteiger partial charge is 0.322 e. The molecule has 0 radical (unpaired) electrons. The van der Waals surface area contributed by atoms with Crippen molar-refractivity contribution in [1.29, 1.82) is 0 Å². The fourth-order valence-electron chi connectivity index (χ4n) is 1.95. The lowest BCUT2D eigenvalue weighted by Gasteiger charge is -2.33. The van der Waals surface area contributed by atoms with Crippen LogP contribution in [0.5, 0.6) is 0 Å². The van der Waals surface area contributed by atoms with E-state index < -0.39 is 0 Å². The minimum absolute atomic E-state index is 0.0376. The van der Waals surface area contributed by atoms with Gasteiger partial charge in [-0.2, -0.15) is 5.10 Å². The summed E-state index contributed by atoms with van der Waals surface area (Å²) in [7, 11) is 1.81. The number of aryl methyl sites for hydroxylation is 1. The predicted octanol–water partition coefficient (Wildman–Crippen LogP) is 0.589. The summed E-state index contributed by atoms with van der Waals surface area (Å²) in [5.41, 5.74) is 0. The summed E-state index contributed by atoms with van der Waals surface area (Å²) in [6, 6.07) is 1.75. The summed E-state index contributed by atoms with van der Waals surface area (Å²) in [4.78, 5) is 16.2. The second-order valence-corrected chi connectivity index (χ2v) is 4.19. The van der Waals surface area contributed by atoms with Crippen LogP contribution in [-0.4, -0.2) is 58.3 Å².